The average molecular weight is 406 g/mol. The fraction of sp³-hybridized carbons (Fsp3) is 0.619. The number of piperazine rings is 1. The second kappa shape index (κ2) is 11.5. The number of amides is 1. The molecule has 8 heteroatoms. The highest BCUT2D eigenvalue weighted by Gasteiger charge is 2.24. The Balaban J connectivity index is 2.07. The number of likely N-dealkylation sites (N-methyl/N-ethyl adjacent to an activating group) is 1. The summed E-state index contributed by atoms with van der Waals surface area (Å²) < 4.78 is 10.5. The van der Waals surface area contributed by atoms with Gasteiger partial charge in [-0.2, -0.15) is 0 Å². The number of aliphatic imine (C=N–C) groups is 1. The number of guanidine groups is 1. The van der Waals surface area contributed by atoms with Gasteiger partial charge in [-0.25, -0.2) is 4.79 Å². The lowest BCUT2D eigenvalue weighted by Crippen LogP contribution is -2.54. The van der Waals surface area contributed by atoms with E-state index in [-0.39, 0.29) is 12.1 Å². The molecular weight excluding hydrogens is 370 g/mol. The van der Waals surface area contributed by atoms with Gasteiger partial charge in [0.25, 0.3) is 0 Å². The van der Waals surface area contributed by atoms with Crippen molar-refractivity contribution in [2.75, 3.05) is 67.1 Å². The predicted octanol–water partition coefficient (Wildman–Crippen LogP) is 2.04. The van der Waals surface area contributed by atoms with Crippen molar-refractivity contribution in [3.63, 3.8) is 0 Å². The predicted molar refractivity (Wildman–Crippen MR) is 116 cm³/mol. The van der Waals surface area contributed by atoms with Gasteiger partial charge in [-0.3, -0.25) is 4.99 Å². The van der Waals surface area contributed by atoms with Crippen LogP contribution >= 0.6 is 0 Å². The smallest absolute Gasteiger partial charge is 0.409 e. The van der Waals surface area contributed by atoms with Gasteiger partial charge in [0.2, 0.25) is 0 Å². The number of hydrogen-bond acceptors (Lipinski definition) is 5. The maximum atomic E-state index is 11.9. The average Bonchev–Trinajstić information content (AvgIpc) is 2.73. The monoisotopic (exact) mass is 405 g/mol. The number of hydrogen-bond donors (Lipinski definition) is 1. The molecule has 1 aromatic carbocycles. The van der Waals surface area contributed by atoms with Crippen molar-refractivity contribution in [3.8, 4) is 5.75 Å². The summed E-state index contributed by atoms with van der Waals surface area (Å²) in [5.74, 6) is 1.73. The molecular formula is C21H35N5O3. The Morgan fingerprint density at radius 3 is 2.48 bits per heavy atom. The van der Waals surface area contributed by atoms with Gasteiger partial charge in [-0.05, 0) is 45.6 Å². The van der Waals surface area contributed by atoms with Crippen LogP contribution in [0.15, 0.2) is 29.3 Å². The topological polar surface area (TPSA) is 69.6 Å². The second-order valence-corrected chi connectivity index (χ2v) is 7.12. The molecule has 0 saturated carbocycles. The van der Waals surface area contributed by atoms with Crippen LogP contribution in [-0.4, -0.2) is 93.8 Å². The summed E-state index contributed by atoms with van der Waals surface area (Å²) in [4.78, 5) is 23.0. The van der Waals surface area contributed by atoms with Gasteiger partial charge in [0.15, 0.2) is 5.96 Å². The van der Waals surface area contributed by atoms with E-state index >= 15 is 0 Å². The van der Waals surface area contributed by atoms with Gasteiger partial charge in [-0.1, -0.05) is 12.1 Å². The number of ether oxygens (including phenoxy) is 2. The summed E-state index contributed by atoms with van der Waals surface area (Å²) in [7, 11) is 5.80. The van der Waals surface area contributed by atoms with Gasteiger partial charge < -0.3 is 29.5 Å². The van der Waals surface area contributed by atoms with E-state index in [9.17, 15) is 4.79 Å². The van der Waals surface area contributed by atoms with Crippen molar-refractivity contribution in [2.24, 2.45) is 4.99 Å². The molecule has 1 fully saturated rings. The zero-order chi connectivity index (χ0) is 21.2. The first-order chi connectivity index (χ1) is 14.0. The summed E-state index contributed by atoms with van der Waals surface area (Å²) in [5, 5.41) is 3.39. The third kappa shape index (κ3) is 6.52. The van der Waals surface area contributed by atoms with Crippen LogP contribution in [0.5, 0.6) is 5.75 Å². The molecule has 1 N–H and O–H groups in total. The van der Waals surface area contributed by atoms with Gasteiger partial charge >= 0.3 is 6.09 Å². The zero-order valence-corrected chi connectivity index (χ0v) is 18.4. The number of rotatable bonds is 7. The first kappa shape index (κ1) is 22.8. The van der Waals surface area contributed by atoms with Crippen LogP contribution in [0, 0.1) is 0 Å². The minimum atomic E-state index is -0.236. The molecule has 1 aliphatic rings. The van der Waals surface area contributed by atoms with Crippen LogP contribution in [0.25, 0.3) is 0 Å². The lowest BCUT2D eigenvalue weighted by atomic mass is 10.1. The fourth-order valence-electron chi connectivity index (χ4n) is 3.33. The van der Waals surface area contributed by atoms with E-state index in [1.165, 1.54) is 5.56 Å². The molecule has 0 bridgehead atoms. The Morgan fingerprint density at radius 2 is 1.90 bits per heavy atom. The third-order valence-electron chi connectivity index (χ3n) is 4.96. The Kier molecular flexibility index (Phi) is 9.05. The van der Waals surface area contributed by atoms with Gasteiger partial charge in [0.1, 0.15) is 5.75 Å². The maximum absolute atomic E-state index is 11.9. The Bertz CT molecular complexity index is 672. The lowest BCUT2D eigenvalue weighted by Gasteiger charge is -2.36. The molecule has 1 saturated heterocycles. The van der Waals surface area contributed by atoms with Crippen molar-refractivity contribution in [1.29, 1.82) is 0 Å². The van der Waals surface area contributed by atoms with E-state index in [4.69, 9.17) is 14.5 Å². The highest BCUT2D eigenvalue weighted by atomic mass is 16.6. The summed E-state index contributed by atoms with van der Waals surface area (Å²) in [6, 6.07) is 8.26. The molecule has 1 atom stereocenters. The van der Waals surface area contributed by atoms with Crippen molar-refractivity contribution in [1.82, 2.24) is 20.0 Å². The number of carbonyl (C=O) groups excluding carboxylic acids is 1. The van der Waals surface area contributed by atoms with Crippen molar-refractivity contribution in [2.45, 2.75) is 19.9 Å². The number of benzene rings is 1. The minimum absolute atomic E-state index is 0.138. The second-order valence-electron chi connectivity index (χ2n) is 7.12. The molecule has 29 heavy (non-hydrogen) atoms. The molecule has 0 spiro atoms. The SMILES string of the molecule is CCNC(=NCC(c1cccc(OC)c1)N(C)C)N1CCN(C(=O)OCC)CC1. The van der Waals surface area contributed by atoms with Crippen LogP contribution in [0.2, 0.25) is 0 Å². The van der Waals surface area contributed by atoms with Crippen molar-refractivity contribution >= 4 is 12.1 Å². The van der Waals surface area contributed by atoms with Crippen LogP contribution < -0.4 is 10.1 Å². The van der Waals surface area contributed by atoms with E-state index in [1.807, 2.05) is 19.1 Å². The van der Waals surface area contributed by atoms with E-state index < -0.39 is 0 Å². The largest absolute Gasteiger partial charge is 0.497 e. The van der Waals surface area contributed by atoms with E-state index in [1.54, 1.807) is 12.0 Å². The summed E-state index contributed by atoms with van der Waals surface area (Å²) >= 11 is 0. The Labute approximate surface area is 174 Å². The number of nitrogens with zero attached hydrogens (tertiary/aromatic N) is 4. The molecule has 0 aromatic heterocycles. The van der Waals surface area contributed by atoms with Crippen molar-refractivity contribution < 1.29 is 14.3 Å². The zero-order valence-electron chi connectivity index (χ0n) is 18.4. The molecule has 8 nitrogen and oxygen atoms in total. The normalized spacial score (nSPS) is 16.0. The number of carbonyl (C=O) groups is 1. The summed E-state index contributed by atoms with van der Waals surface area (Å²) in [5.41, 5.74) is 1.17. The lowest BCUT2D eigenvalue weighted by molar-refractivity contribution is 0.0914. The number of nitrogens with one attached hydrogen (secondary N) is 1. The van der Waals surface area contributed by atoms with Gasteiger partial charge in [-0.15, -0.1) is 0 Å². The summed E-state index contributed by atoms with van der Waals surface area (Å²) in [6.07, 6.45) is -0.236. The van der Waals surface area contributed by atoms with Gasteiger partial charge in [0.05, 0.1) is 26.3 Å². The van der Waals surface area contributed by atoms with Crippen LogP contribution in [0.4, 0.5) is 4.79 Å². The molecule has 0 radical (unpaired) electrons. The first-order valence-electron chi connectivity index (χ1n) is 10.2. The number of methoxy groups -OCH3 is 1. The van der Waals surface area contributed by atoms with E-state index in [0.29, 0.717) is 26.2 Å². The first-order valence-corrected chi connectivity index (χ1v) is 10.2. The Hall–Kier alpha value is -2.48. The van der Waals surface area contributed by atoms with E-state index in [0.717, 1.165) is 31.3 Å². The standard InChI is InChI=1S/C21H35N5O3/c1-6-22-20(25-11-13-26(14-12-25)21(27)29-7-2)23-16-19(24(3)4)17-9-8-10-18(15-17)28-5/h8-10,15,19H,6-7,11-14,16H2,1-5H3,(H,22,23). The molecule has 2 rings (SSSR count). The Morgan fingerprint density at radius 1 is 1.21 bits per heavy atom. The minimum Gasteiger partial charge on any atom is -0.497 e. The molecule has 1 amide bonds. The molecule has 1 aromatic rings. The van der Waals surface area contributed by atoms with Crippen LogP contribution in [0.1, 0.15) is 25.5 Å². The van der Waals surface area contributed by atoms with E-state index in [2.05, 4.69) is 48.3 Å². The van der Waals surface area contributed by atoms with Gasteiger partial charge in [0, 0.05) is 32.7 Å². The van der Waals surface area contributed by atoms with Crippen LogP contribution in [-0.2, 0) is 4.74 Å². The van der Waals surface area contributed by atoms with Crippen LogP contribution in [0.3, 0.4) is 0 Å². The fourth-order valence-corrected chi connectivity index (χ4v) is 3.33. The molecule has 1 unspecified atom stereocenters. The molecule has 162 valence electrons. The highest BCUT2D eigenvalue weighted by molar-refractivity contribution is 5.80. The summed E-state index contributed by atoms with van der Waals surface area (Å²) in [6.45, 7) is 8.45. The van der Waals surface area contributed by atoms with Crippen molar-refractivity contribution in [3.05, 3.63) is 29.8 Å². The quantitative estimate of drug-likeness (QED) is 0.553. The molecule has 0 aliphatic carbocycles. The maximum Gasteiger partial charge on any atom is 0.409 e. The molecule has 1 aliphatic heterocycles. The highest BCUT2D eigenvalue weighted by Crippen LogP contribution is 2.23. The third-order valence-corrected chi connectivity index (χ3v) is 4.96. The molecule has 1 heterocycles.